The van der Waals surface area contributed by atoms with E-state index in [0.717, 1.165) is 30.9 Å². The minimum absolute atomic E-state index is 0.135. The second kappa shape index (κ2) is 9.83. The van der Waals surface area contributed by atoms with Crippen LogP contribution in [-0.2, 0) is 9.53 Å². The van der Waals surface area contributed by atoms with Crippen LogP contribution in [0.5, 0.6) is 11.5 Å². The van der Waals surface area contributed by atoms with Gasteiger partial charge in [-0.25, -0.2) is 4.79 Å². The summed E-state index contributed by atoms with van der Waals surface area (Å²) in [7, 11) is 1.55. The van der Waals surface area contributed by atoms with Crippen molar-refractivity contribution < 1.29 is 24.1 Å². The van der Waals surface area contributed by atoms with E-state index in [1.54, 1.807) is 25.3 Å². The standard InChI is InChI=1S/C16H22O5/c1-3-4-5-10-20-15-11-13(7-9-16(17)18)6-8-14(15)21-12-19-2/h6-9,11H,3-5,10,12H2,1-2H3,(H,17,18). The van der Waals surface area contributed by atoms with E-state index in [1.807, 2.05) is 0 Å². The van der Waals surface area contributed by atoms with Gasteiger partial charge >= 0.3 is 5.97 Å². The van der Waals surface area contributed by atoms with Gasteiger partial charge in [0.05, 0.1) is 6.61 Å². The summed E-state index contributed by atoms with van der Waals surface area (Å²) in [5.74, 6) is 0.191. The van der Waals surface area contributed by atoms with Crippen molar-refractivity contribution in [3.8, 4) is 11.5 Å². The van der Waals surface area contributed by atoms with Gasteiger partial charge < -0.3 is 19.3 Å². The first kappa shape index (κ1) is 17.0. The lowest BCUT2D eigenvalue weighted by atomic mass is 10.2. The van der Waals surface area contributed by atoms with Crippen LogP contribution < -0.4 is 9.47 Å². The van der Waals surface area contributed by atoms with E-state index < -0.39 is 5.97 Å². The van der Waals surface area contributed by atoms with Crippen molar-refractivity contribution in [3.05, 3.63) is 29.8 Å². The summed E-state index contributed by atoms with van der Waals surface area (Å²) in [6.45, 7) is 2.86. The lowest BCUT2D eigenvalue weighted by molar-refractivity contribution is -0.131. The zero-order valence-electron chi connectivity index (χ0n) is 12.5. The predicted molar refractivity (Wildman–Crippen MR) is 80.6 cm³/mol. The molecule has 5 heteroatoms. The van der Waals surface area contributed by atoms with Gasteiger partial charge in [-0.2, -0.15) is 0 Å². The second-order valence-electron chi connectivity index (χ2n) is 4.48. The Bertz CT molecular complexity index is 468. The minimum Gasteiger partial charge on any atom is -0.490 e. The Kier molecular flexibility index (Phi) is 7.97. The van der Waals surface area contributed by atoms with E-state index in [2.05, 4.69) is 6.92 Å². The number of carboxylic acid groups (broad SMARTS) is 1. The SMILES string of the molecule is CCCCCOc1cc(C=CC(=O)O)ccc1OCOC. The summed E-state index contributed by atoms with van der Waals surface area (Å²) in [5, 5.41) is 8.66. The minimum atomic E-state index is -0.986. The van der Waals surface area contributed by atoms with E-state index in [4.69, 9.17) is 19.3 Å². The van der Waals surface area contributed by atoms with Crippen molar-refractivity contribution in [2.75, 3.05) is 20.5 Å². The molecule has 0 saturated heterocycles. The largest absolute Gasteiger partial charge is 0.490 e. The summed E-state index contributed by atoms with van der Waals surface area (Å²) in [6.07, 6.45) is 5.80. The zero-order valence-corrected chi connectivity index (χ0v) is 12.5. The van der Waals surface area contributed by atoms with Crippen LogP contribution in [0, 0.1) is 0 Å². The van der Waals surface area contributed by atoms with Crippen molar-refractivity contribution >= 4 is 12.0 Å². The maximum atomic E-state index is 10.6. The van der Waals surface area contributed by atoms with Gasteiger partial charge in [0.25, 0.3) is 0 Å². The first-order valence-corrected chi connectivity index (χ1v) is 6.97. The van der Waals surface area contributed by atoms with E-state index in [0.29, 0.717) is 18.1 Å². The highest BCUT2D eigenvalue weighted by Gasteiger charge is 2.06. The van der Waals surface area contributed by atoms with Gasteiger partial charge in [0, 0.05) is 13.2 Å². The molecule has 0 radical (unpaired) electrons. The molecule has 0 bridgehead atoms. The average molecular weight is 294 g/mol. The lowest BCUT2D eigenvalue weighted by Gasteiger charge is -2.13. The Hall–Kier alpha value is -2.01. The van der Waals surface area contributed by atoms with E-state index in [-0.39, 0.29) is 6.79 Å². The number of ether oxygens (including phenoxy) is 3. The maximum Gasteiger partial charge on any atom is 0.328 e. The zero-order chi connectivity index (χ0) is 15.5. The first-order valence-electron chi connectivity index (χ1n) is 6.97. The molecular weight excluding hydrogens is 272 g/mol. The predicted octanol–water partition coefficient (Wildman–Crippen LogP) is 3.34. The van der Waals surface area contributed by atoms with Gasteiger partial charge in [0.15, 0.2) is 18.3 Å². The van der Waals surface area contributed by atoms with Crippen LogP contribution >= 0.6 is 0 Å². The summed E-state index contributed by atoms with van der Waals surface area (Å²) in [4.78, 5) is 10.6. The van der Waals surface area contributed by atoms with Gasteiger partial charge in [-0.3, -0.25) is 0 Å². The molecule has 1 aromatic carbocycles. The molecule has 1 N–H and O–H groups in total. The Balaban J connectivity index is 2.79. The fraction of sp³-hybridized carbons (Fsp3) is 0.438. The molecule has 0 unspecified atom stereocenters. The molecule has 0 amide bonds. The van der Waals surface area contributed by atoms with Crippen molar-refractivity contribution in [1.82, 2.24) is 0 Å². The number of unbranched alkanes of at least 4 members (excludes halogenated alkanes) is 2. The molecule has 0 aliphatic rings. The van der Waals surface area contributed by atoms with Crippen LogP contribution in [0.15, 0.2) is 24.3 Å². The third-order valence-electron chi connectivity index (χ3n) is 2.72. The van der Waals surface area contributed by atoms with Crippen LogP contribution in [0.2, 0.25) is 0 Å². The van der Waals surface area contributed by atoms with Crippen LogP contribution in [-0.4, -0.2) is 31.6 Å². The molecule has 21 heavy (non-hydrogen) atoms. The van der Waals surface area contributed by atoms with Gasteiger partial charge in [-0.05, 0) is 30.2 Å². The second-order valence-corrected chi connectivity index (χ2v) is 4.48. The highest BCUT2D eigenvalue weighted by molar-refractivity contribution is 5.85. The van der Waals surface area contributed by atoms with Crippen molar-refractivity contribution in [2.45, 2.75) is 26.2 Å². The maximum absolute atomic E-state index is 10.6. The van der Waals surface area contributed by atoms with Crippen LogP contribution in [0.1, 0.15) is 31.7 Å². The number of carboxylic acids is 1. The summed E-state index contributed by atoms with van der Waals surface area (Å²) in [6, 6.07) is 5.27. The van der Waals surface area contributed by atoms with Crippen LogP contribution in [0.4, 0.5) is 0 Å². The Morgan fingerprint density at radius 2 is 2.05 bits per heavy atom. The van der Waals surface area contributed by atoms with Gasteiger partial charge in [-0.15, -0.1) is 0 Å². The molecule has 5 nitrogen and oxygen atoms in total. The van der Waals surface area contributed by atoms with Gasteiger partial charge in [0.1, 0.15) is 0 Å². The fourth-order valence-corrected chi connectivity index (χ4v) is 1.68. The lowest BCUT2D eigenvalue weighted by Crippen LogP contribution is -2.03. The molecule has 0 aliphatic carbocycles. The molecule has 1 rings (SSSR count). The molecule has 0 fully saturated rings. The van der Waals surface area contributed by atoms with Crippen molar-refractivity contribution in [3.63, 3.8) is 0 Å². The number of benzene rings is 1. The average Bonchev–Trinajstić information content (AvgIpc) is 2.48. The molecule has 116 valence electrons. The van der Waals surface area contributed by atoms with Crippen LogP contribution in [0.3, 0.4) is 0 Å². The smallest absolute Gasteiger partial charge is 0.328 e. The number of aliphatic carboxylic acids is 1. The molecule has 0 saturated carbocycles. The quantitative estimate of drug-likeness (QED) is 0.407. The monoisotopic (exact) mass is 294 g/mol. The first-order chi connectivity index (χ1) is 10.2. The third-order valence-corrected chi connectivity index (χ3v) is 2.72. The fourth-order valence-electron chi connectivity index (χ4n) is 1.68. The molecule has 0 aromatic heterocycles. The number of methoxy groups -OCH3 is 1. The summed E-state index contributed by atoms with van der Waals surface area (Å²) in [5.41, 5.74) is 0.743. The highest BCUT2D eigenvalue weighted by Crippen LogP contribution is 2.29. The van der Waals surface area contributed by atoms with E-state index in [9.17, 15) is 4.79 Å². The Labute approximate surface area is 125 Å². The molecular formula is C16H22O5. The number of hydrogen-bond donors (Lipinski definition) is 1. The molecule has 0 heterocycles. The normalized spacial score (nSPS) is 10.8. The van der Waals surface area contributed by atoms with Crippen molar-refractivity contribution in [2.24, 2.45) is 0 Å². The molecule has 1 aromatic rings. The topological polar surface area (TPSA) is 65.0 Å². The molecule has 0 atom stereocenters. The van der Waals surface area contributed by atoms with Gasteiger partial charge in [-0.1, -0.05) is 25.8 Å². The Morgan fingerprint density at radius 1 is 1.24 bits per heavy atom. The van der Waals surface area contributed by atoms with Gasteiger partial charge in [0.2, 0.25) is 0 Å². The summed E-state index contributed by atoms with van der Waals surface area (Å²) >= 11 is 0. The molecule has 0 aliphatic heterocycles. The van der Waals surface area contributed by atoms with Crippen molar-refractivity contribution in [1.29, 1.82) is 0 Å². The van der Waals surface area contributed by atoms with E-state index in [1.165, 1.54) is 6.08 Å². The van der Waals surface area contributed by atoms with Crippen LogP contribution in [0.25, 0.3) is 6.08 Å². The molecule has 0 spiro atoms. The summed E-state index contributed by atoms with van der Waals surface area (Å²) < 4.78 is 16.0. The number of rotatable bonds is 10. The van der Waals surface area contributed by atoms with E-state index >= 15 is 0 Å². The third kappa shape index (κ3) is 6.81. The Morgan fingerprint density at radius 3 is 2.71 bits per heavy atom. The number of carbonyl (C=O) groups is 1. The number of hydrogen-bond acceptors (Lipinski definition) is 4. The highest BCUT2D eigenvalue weighted by atomic mass is 16.7.